The minimum atomic E-state index is -0.104. The molecule has 0 fully saturated rings. The molecule has 0 saturated carbocycles. The molecule has 0 bridgehead atoms. The standard InChI is InChI=1S/C30H32N4O2/c35-30(15-8-17-33-18-16-31-23-33)34-21-26-12-4-6-13-28(26)32-20-25-11-5-7-14-29(25)36-22-27(34)19-24-9-2-1-3-10-24/h1-7,9-14,16,18,23,27,32H,8,15,17,19-22H2/t27-/m0/s1. The van der Waals surface area contributed by atoms with Gasteiger partial charge >= 0.3 is 0 Å². The quantitative estimate of drug-likeness (QED) is 0.406. The molecular weight excluding hydrogens is 448 g/mol. The maximum absolute atomic E-state index is 13.8. The summed E-state index contributed by atoms with van der Waals surface area (Å²) in [6.45, 7) is 2.39. The number of hydrogen-bond donors (Lipinski definition) is 1. The molecular formula is C30H32N4O2. The first-order valence-corrected chi connectivity index (χ1v) is 12.6. The minimum absolute atomic E-state index is 0.104. The van der Waals surface area contributed by atoms with Crippen molar-refractivity contribution in [2.24, 2.45) is 0 Å². The highest BCUT2D eigenvalue weighted by molar-refractivity contribution is 5.77. The number of hydrogen-bond acceptors (Lipinski definition) is 4. The van der Waals surface area contributed by atoms with E-state index in [2.05, 4.69) is 40.6 Å². The maximum Gasteiger partial charge on any atom is 0.223 e. The monoisotopic (exact) mass is 480 g/mol. The summed E-state index contributed by atoms with van der Waals surface area (Å²) >= 11 is 0. The molecule has 0 radical (unpaired) electrons. The first-order chi connectivity index (χ1) is 17.8. The zero-order chi connectivity index (χ0) is 24.6. The Labute approximate surface area is 212 Å². The number of fused-ring (bicyclic) bond motifs is 2. The van der Waals surface area contributed by atoms with Crippen LogP contribution in [-0.2, 0) is 30.8 Å². The number of ether oxygens (including phenoxy) is 1. The van der Waals surface area contributed by atoms with E-state index in [-0.39, 0.29) is 11.9 Å². The lowest BCUT2D eigenvalue weighted by molar-refractivity contribution is -0.135. The molecule has 6 nitrogen and oxygen atoms in total. The summed E-state index contributed by atoms with van der Waals surface area (Å²) in [5.74, 6) is 0.997. The van der Waals surface area contributed by atoms with Crippen LogP contribution in [0.15, 0.2) is 97.6 Å². The lowest BCUT2D eigenvalue weighted by Crippen LogP contribution is -2.44. The topological polar surface area (TPSA) is 59.4 Å². The fourth-order valence-corrected chi connectivity index (χ4v) is 4.72. The Hall–Kier alpha value is -4.06. The molecule has 184 valence electrons. The second-order valence-electron chi connectivity index (χ2n) is 9.20. The molecule has 1 aromatic heterocycles. The van der Waals surface area contributed by atoms with Crippen molar-refractivity contribution in [1.29, 1.82) is 0 Å². The van der Waals surface area contributed by atoms with Crippen molar-refractivity contribution in [3.63, 3.8) is 0 Å². The zero-order valence-electron chi connectivity index (χ0n) is 20.4. The van der Waals surface area contributed by atoms with Gasteiger partial charge in [0.1, 0.15) is 12.4 Å². The normalized spacial score (nSPS) is 15.6. The van der Waals surface area contributed by atoms with Gasteiger partial charge in [0.25, 0.3) is 0 Å². The molecule has 4 aromatic rings. The summed E-state index contributed by atoms with van der Waals surface area (Å²) in [6, 6.07) is 26.7. The molecule has 0 unspecified atom stereocenters. The number of para-hydroxylation sites is 2. The van der Waals surface area contributed by atoms with Gasteiger partial charge in [-0.2, -0.15) is 0 Å². The van der Waals surface area contributed by atoms with Crippen LogP contribution in [0.3, 0.4) is 0 Å². The van der Waals surface area contributed by atoms with E-state index in [9.17, 15) is 4.79 Å². The van der Waals surface area contributed by atoms with Gasteiger partial charge in [0.2, 0.25) is 5.91 Å². The van der Waals surface area contributed by atoms with Crippen LogP contribution in [-0.4, -0.2) is 33.0 Å². The Morgan fingerprint density at radius 3 is 2.58 bits per heavy atom. The number of anilines is 1. The fourth-order valence-electron chi connectivity index (χ4n) is 4.72. The van der Waals surface area contributed by atoms with Crippen LogP contribution in [0.5, 0.6) is 5.75 Å². The average molecular weight is 481 g/mol. The fraction of sp³-hybridized carbons (Fsp3) is 0.267. The van der Waals surface area contributed by atoms with E-state index in [4.69, 9.17) is 4.74 Å². The van der Waals surface area contributed by atoms with Crippen molar-refractivity contribution in [2.45, 2.75) is 44.9 Å². The Bertz CT molecular complexity index is 1260. The Morgan fingerprint density at radius 1 is 0.972 bits per heavy atom. The van der Waals surface area contributed by atoms with E-state index in [1.165, 1.54) is 5.56 Å². The number of aryl methyl sites for hydroxylation is 1. The highest BCUT2D eigenvalue weighted by Gasteiger charge is 2.26. The Kier molecular flexibility index (Phi) is 7.61. The predicted octanol–water partition coefficient (Wildman–Crippen LogP) is 5.31. The number of nitrogens with zero attached hydrogens (tertiary/aromatic N) is 3. The highest BCUT2D eigenvalue weighted by atomic mass is 16.5. The summed E-state index contributed by atoms with van der Waals surface area (Å²) in [5, 5.41) is 3.57. The Balaban J connectivity index is 1.46. The largest absolute Gasteiger partial charge is 0.491 e. The summed E-state index contributed by atoms with van der Waals surface area (Å²) in [7, 11) is 0. The van der Waals surface area contributed by atoms with Gasteiger partial charge in [0, 0.05) is 49.7 Å². The highest BCUT2D eigenvalue weighted by Crippen LogP contribution is 2.26. The van der Waals surface area contributed by atoms with Gasteiger partial charge in [-0.3, -0.25) is 4.79 Å². The van der Waals surface area contributed by atoms with Crippen LogP contribution in [0.4, 0.5) is 5.69 Å². The van der Waals surface area contributed by atoms with E-state index in [0.29, 0.717) is 26.1 Å². The van der Waals surface area contributed by atoms with Crippen LogP contribution in [0, 0.1) is 0 Å². The van der Waals surface area contributed by atoms with Gasteiger partial charge < -0.3 is 19.5 Å². The summed E-state index contributed by atoms with van der Waals surface area (Å²) in [4.78, 5) is 19.9. The Morgan fingerprint density at radius 2 is 1.75 bits per heavy atom. The van der Waals surface area contributed by atoms with E-state index in [0.717, 1.165) is 42.0 Å². The number of benzene rings is 3. The molecule has 0 saturated heterocycles. The molecule has 1 aliphatic rings. The molecule has 1 atom stereocenters. The third kappa shape index (κ3) is 5.95. The van der Waals surface area contributed by atoms with E-state index >= 15 is 0 Å². The molecule has 1 amide bonds. The lowest BCUT2D eigenvalue weighted by atomic mass is 10.0. The predicted molar refractivity (Wildman–Crippen MR) is 142 cm³/mol. The van der Waals surface area contributed by atoms with Crippen LogP contribution < -0.4 is 10.1 Å². The number of rotatable bonds is 6. The molecule has 6 heteroatoms. The van der Waals surface area contributed by atoms with E-state index < -0.39 is 0 Å². The first kappa shape index (κ1) is 23.7. The van der Waals surface area contributed by atoms with Crippen molar-refractivity contribution in [1.82, 2.24) is 14.5 Å². The lowest BCUT2D eigenvalue weighted by Gasteiger charge is -2.33. The number of carbonyl (C=O) groups excluding carboxylic acids is 1. The molecule has 0 spiro atoms. The first-order valence-electron chi connectivity index (χ1n) is 12.6. The van der Waals surface area contributed by atoms with Crippen molar-refractivity contribution >= 4 is 11.6 Å². The molecule has 1 N–H and O–H groups in total. The van der Waals surface area contributed by atoms with Crippen LogP contribution in [0.2, 0.25) is 0 Å². The summed E-state index contributed by atoms with van der Waals surface area (Å²) < 4.78 is 8.42. The molecule has 3 aromatic carbocycles. The van der Waals surface area contributed by atoms with Gasteiger partial charge in [-0.15, -0.1) is 0 Å². The molecule has 2 heterocycles. The van der Waals surface area contributed by atoms with E-state index in [1.54, 1.807) is 12.5 Å². The second kappa shape index (κ2) is 11.6. The molecule has 36 heavy (non-hydrogen) atoms. The number of aromatic nitrogens is 2. The molecule has 5 rings (SSSR count). The molecule has 0 aliphatic carbocycles. The summed E-state index contributed by atoms with van der Waals surface area (Å²) in [6.07, 6.45) is 7.45. The average Bonchev–Trinajstić information content (AvgIpc) is 3.43. The molecule has 1 aliphatic heterocycles. The van der Waals surface area contributed by atoms with Gasteiger partial charge in [-0.25, -0.2) is 4.98 Å². The third-order valence-corrected chi connectivity index (χ3v) is 6.67. The van der Waals surface area contributed by atoms with Crippen LogP contribution in [0.25, 0.3) is 0 Å². The van der Waals surface area contributed by atoms with Crippen molar-refractivity contribution in [3.8, 4) is 5.75 Å². The second-order valence-corrected chi connectivity index (χ2v) is 9.20. The number of nitrogens with one attached hydrogen (secondary N) is 1. The minimum Gasteiger partial charge on any atom is -0.491 e. The van der Waals surface area contributed by atoms with Crippen LogP contribution in [0.1, 0.15) is 29.5 Å². The van der Waals surface area contributed by atoms with Crippen molar-refractivity contribution < 1.29 is 9.53 Å². The number of amides is 1. The van der Waals surface area contributed by atoms with Crippen LogP contribution >= 0.6 is 0 Å². The van der Waals surface area contributed by atoms with Crippen molar-refractivity contribution in [2.75, 3.05) is 11.9 Å². The van der Waals surface area contributed by atoms with E-state index in [1.807, 2.05) is 64.2 Å². The SMILES string of the molecule is O=C(CCCn1ccnc1)N1Cc2ccccc2NCc2ccccc2OC[C@@H]1Cc1ccccc1. The van der Waals surface area contributed by atoms with Crippen molar-refractivity contribution in [3.05, 3.63) is 114 Å². The number of carbonyl (C=O) groups is 1. The van der Waals surface area contributed by atoms with Gasteiger partial charge in [0.15, 0.2) is 0 Å². The maximum atomic E-state index is 13.8. The van der Waals surface area contributed by atoms with Gasteiger partial charge in [-0.1, -0.05) is 66.7 Å². The van der Waals surface area contributed by atoms with Gasteiger partial charge in [-0.05, 0) is 36.1 Å². The van der Waals surface area contributed by atoms with Gasteiger partial charge in [0.05, 0.1) is 12.4 Å². The summed E-state index contributed by atoms with van der Waals surface area (Å²) in [5.41, 5.74) is 4.45. The third-order valence-electron chi connectivity index (χ3n) is 6.67. The number of imidazole rings is 1. The zero-order valence-corrected chi connectivity index (χ0v) is 20.4. The smallest absolute Gasteiger partial charge is 0.223 e.